The van der Waals surface area contributed by atoms with Crippen LogP contribution in [0.5, 0.6) is 11.5 Å². The molecule has 8 nitrogen and oxygen atoms in total. The molecule has 1 heterocycles. The van der Waals surface area contributed by atoms with Crippen LogP contribution in [0.1, 0.15) is 42.4 Å². The molecule has 1 saturated heterocycles. The highest BCUT2D eigenvalue weighted by Gasteiger charge is 2.34. The van der Waals surface area contributed by atoms with E-state index >= 15 is 0 Å². The van der Waals surface area contributed by atoms with E-state index in [1.807, 2.05) is 42.5 Å². The maximum atomic E-state index is 11.9. The van der Waals surface area contributed by atoms with E-state index < -0.39 is 23.4 Å². The number of rotatable bonds is 10. The number of methoxy groups -OCH3 is 1. The minimum Gasteiger partial charge on any atom is -0.497 e. The summed E-state index contributed by atoms with van der Waals surface area (Å²) in [6.07, 6.45) is 0.461. The molecule has 4 rings (SSSR count). The lowest BCUT2D eigenvalue weighted by Gasteiger charge is -2.30. The predicted octanol–water partition coefficient (Wildman–Crippen LogP) is 3.75. The molecule has 1 atom stereocenters. The number of amides is 2. The largest absolute Gasteiger partial charge is 0.497 e. The Bertz CT molecular complexity index is 1190. The Kier molecular flexibility index (Phi) is 7.65. The van der Waals surface area contributed by atoms with E-state index in [2.05, 4.69) is 0 Å². The number of ether oxygens (including phenoxy) is 2. The van der Waals surface area contributed by atoms with Crippen LogP contribution in [0.4, 0.5) is 0 Å². The number of hydroxylamine groups is 2. The lowest BCUT2D eigenvalue weighted by Crippen LogP contribution is -2.32. The molecule has 0 radical (unpaired) electrons. The van der Waals surface area contributed by atoms with Crippen LogP contribution < -0.4 is 9.47 Å². The van der Waals surface area contributed by atoms with Gasteiger partial charge in [0.1, 0.15) is 17.1 Å². The number of hydrogen-bond acceptors (Lipinski definition) is 7. The second kappa shape index (κ2) is 11.0. The molecule has 186 valence electrons. The molecule has 0 saturated carbocycles. The molecule has 3 aromatic carbocycles. The summed E-state index contributed by atoms with van der Waals surface area (Å²) in [6.45, 7) is 0.234. The van der Waals surface area contributed by atoms with Gasteiger partial charge in [0.25, 0.3) is 11.8 Å². The van der Waals surface area contributed by atoms with Crippen LogP contribution in [-0.2, 0) is 24.8 Å². The van der Waals surface area contributed by atoms with Crippen LogP contribution in [0.3, 0.4) is 0 Å². The van der Waals surface area contributed by atoms with E-state index in [1.54, 1.807) is 43.5 Å². The standard InChI is InChI=1S/C28H27NO7/c1-34-23-13-9-21(10-14-23)28(33,20-6-3-2-4-7-20)22-11-15-24(16-12-22)35-19-5-8-27(32)36-29-25(30)17-18-26(29)31/h2-4,6-7,9-16,33H,5,8,17-19H2,1H3. The van der Waals surface area contributed by atoms with Crippen LogP contribution in [0.15, 0.2) is 78.9 Å². The van der Waals surface area contributed by atoms with Crippen LogP contribution in [0.2, 0.25) is 0 Å². The summed E-state index contributed by atoms with van der Waals surface area (Å²) >= 11 is 0. The van der Waals surface area contributed by atoms with Crippen molar-refractivity contribution in [1.82, 2.24) is 5.06 Å². The molecule has 0 spiro atoms. The minimum atomic E-state index is -1.39. The summed E-state index contributed by atoms with van der Waals surface area (Å²) in [6, 6.07) is 23.8. The minimum absolute atomic E-state index is 0.000369. The molecule has 1 aliphatic heterocycles. The zero-order valence-electron chi connectivity index (χ0n) is 19.9. The van der Waals surface area contributed by atoms with Gasteiger partial charge in [0.15, 0.2) is 0 Å². The number of hydrogen-bond donors (Lipinski definition) is 1. The van der Waals surface area contributed by atoms with Gasteiger partial charge in [-0.3, -0.25) is 9.59 Å². The fourth-order valence-corrected chi connectivity index (χ4v) is 4.02. The molecule has 1 aliphatic rings. The lowest BCUT2D eigenvalue weighted by molar-refractivity contribution is -0.197. The second-order valence-corrected chi connectivity index (χ2v) is 8.33. The van der Waals surface area contributed by atoms with Gasteiger partial charge >= 0.3 is 5.97 Å². The fourth-order valence-electron chi connectivity index (χ4n) is 4.02. The number of aliphatic hydroxyl groups is 1. The number of carbonyl (C=O) groups excluding carboxylic acids is 3. The first kappa shape index (κ1) is 24.9. The first-order chi connectivity index (χ1) is 17.4. The van der Waals surface area contributed by atoms with E-state index in [1.165, 1.54) is 0 Å². The van der Waals surface area contributed by atoms with Gasteiger partial charge in [0.05, 0.1) is 20.1 Å². The van der Waals surface area contributed by atoms with Gasteiger partial charge in [-0.1, -0.05) is 54.6 Å². The number of carbonyl (C=O) groups is 3. The van der Waals surface area contributed by atoms with Crippen molar-refractivity contribution >= 4 is 17.8 Å². The molecule has 0 aliphatic carbocycles. The van der Waals surface area contributed by atoms with Crippen molar-refractivity contribution in [1.29, 1.82) is 0 Å². The molecule has 1 fully saturated rings. The third kappa shape index (κ3) is 5.39. The summed E-state index contributed by atoms with van der Waals surface area (Å²) in [5, 5.41) is 12.5. The average molecular weight is 490 g/mol. The molecule has 0 aromatic heterocycles. The van der Waals surface area contributed by atoms with Crippen molar-refractivity contribution in [3.8, 4) is 11.5 Å². The monoisotopic (exact) mass is 489 g/mol. The van der Waals surface area contributed by atoms with Crippen LogP contribution >= 0.6 is 0 Å². The summed E-state index contributed by atoms with van der Waals surface area (Å²) in [4.78, 5) is 39.8. The van der Waals surface area contributed by atoms with Crippen molar-refractivity contribution in [3.63, 3.8) is 0 Å². The predicted molar refractivity (Wildman–Crippen MR) is 130 cm³/mol. The Morgan fingerprint density at radius 1 is 0.833 bits per heavy atom. The van der Waals surface area contributed by atoms with Crippen molar-refractivity contribution in [2.24, 2.45) is 0 Å². The molecule has 8 heteroatoms. The Morgan fingerprint density at radius 3 is 1.92 bits per heavy atom. The number of nitrogens with zero attached hydrogens (tertiary/aromatic N) is 1. The highest BCUT2D eigenvalue weighted by atomic mass is 16.7. The van der Waals surface area contributed by atoms with Gasteiger partial charge in [-0.15, -0.1) is 5.06 Å². The SMILES string of the molecule is COc1ccc(C(O)(c2ccccc2)c2ccc(OCCCC(=O)ON3C(=O)CCC3=O)cc2)cc1. The molecular weight excluding hydrogens is 462 g/mol. The first-order valence-corrected chi connectivity index (χ1v) is 11.6. The second-order valence-electron chi connectivity index (χ2n) is 8.33. The summed E-state index contributed by atoms with van der Waals surface area (Å²) in [5.74, 6) is -0.405. The Labute approximate surface area is 209 Å². The summed E-state index contributed by atoms with van der Waals surface area (Å²) in [5.41, 5.74) is 0.684. The fraction of sp³-hybridized carbons (Fsp3) is 0.250. The lowest BCUT2D eigenvalue weighted by atomic mass is 9.80. The normalized spacial score (nSPS) is 14.9. The highest BCUT2D eigenvalue weighted by molar-refractivity contribution is 6.01. The molecule has 0 bridgehead atoms. The van der Waals surface area contributed by atoms with Crippen molar-refractivity contribution in [3.05, 3.63) is 95.6 Å². The molecule has 1 unspecified atom stereocenters. The zero-order chi connectivity index (χ0) is 25.5. The average Bonchev–Trinajstić information content (AvgIpc) is 3.23. The highest BCUT2D eigenvalue weighted by Crippen LogP contribution is 2.37. The van der Waals surface area contributed by atoms with E-state index in [4.69, 9.17) is 14.3 Å². The summed E-state index contributed by atoms with van der Waals surface area (Å²) < 4.78 is 11.0. The molecular formula is C28H27NO7. The van der Waals surface area contributed by atoms with Gasteiger partial charge in [-0.05, 0) is 47.4 Å². The van der Waals surface area contributed by atoms with Crippen molar-refractivity contribution < 1.29 is 33.8 Å². The van der Waals surface area contributed by atoms with E-state index in [0.29, 0.717) is 34.1 Å². The van der Waals surface area contributed by atoms with Gasteiger partial charge < -0.3 is 19.4 Å². The Hall–Kier alpha value is -4.17. The third-order valence-electron chi connectivity index (χ3n) is 5.96. The number of benzene rings is 3. The third-order valence-corrected chi connectivity index (χ3v) is 5.96. The molecule has 2 amide bonds. The maximum absolute atomic E-state index is 11.9. The smallest absolute Gasteiger partial charge is 0.333 e. The maximum Gasteiger partial charge on any atom is 0.333 e. The van der Waals surface area contributed by atoms with Gasteiger partial charge in [0, 0.05) is 12.8 Å². The first-order valence-electron chi connectivity index (χ1n) is 11.6. The number of imide groups is 1. The van der Waals surface area contributed by atoms with Crippen LogP contribution in [0, 0.1) is 0 Å². The van der Waals surface area contributed by atoms with Crippen molar-refractivity contribution in [2.45, 2.75) is 31.3 Å². The van der Waals surface area contributed by atoms with E-state index in [-0.39, 0.29) is 25.9 Å². The topological polar surface area (TPSA) is 102 Å². The van der Waals surface area contributed by atoms with Gasteiger partial charge in [0.2, 0.25) is 0 Å². The zero-order valence-corrected chi connectivity index (χ0v) is 19.9. The van der Waals surface area contributed by atoms with E-state index in [9.17, 15) is 19.5 Å². The summed E-state index contributed by atoms with van der Waals surface area (Å²) in [7, 11) is 1.59. The quantitative estimate of drug-likeness (QED) is 0.263. The van der Waals surface area contributed by atoms with E-state index in [0.717, 1.165) is 5.56 Å². The van der Waals surface area contributed by atoms with Crippen molar-refractivity contribution in [2.75, 3.05) is 13.7 Å². The molecule has 1 N–H and O–H groups in total. The molecule has 36 heavy (non-hydrogen) atoms. The molecule has 3 aromatic rings. The van der Waals surface area contributed by atoms with Gasteiger partial charge in [-0.25, -0.2) is 4.79 Å². The van der Waals surface area contributed by atoms with Crippen LogP contribution in [0.25, 0.3) is 0 Å². The van der Waals surface area contributed by atoms with Gasteiger partial charge in [-0.2, -0.15) is 0 Å². The Balaban J connectivity index is 1.40. The van der Waals surface area contributed by atoms with Crippen LogP contribution in [-0.4, -0.2) is 41.7 Å². The Morgan fingerprint density at radius 2 is 1.36 bits per heavy atom.